The summed E-state index contributed by atoms with van der Waals surface area (Å²) in [6.07, 6.45) is 3.43. The summed E-state index contributed by atoms with van der Waals surface area (Å²) >= 11 is 0. The van der Waals surface area contributed by atoms with Crippen molar-refractivity contribution in [1.82, 2.24) is 9.78 Å². The van der Waals surface area contributed by atoms with E-state index in [-0.39, 0.29) is 11.5 Å². The summed E-state index contributed by atoms with van der Waals surface area (Å²) in [4.78, 5) is 22.9. The Bertz CT molecular complexity index is 451. The third kappa shape index (κ3) is 2.38. The lowest BCUT2D eigenvalue weighted by molar-refractivity contribution is -0.120. The molecule has 1 aliphatic rings. The first-order chi connectivity index (χ1) is 7.66. The van der Waals surface area contributed by atoms with E-state index in [1.165, 1.54) is 10.7 Å². The minimum Gasteiger partial charge on any atom is -0.299 e. The Balaban J connectivity index is 2.01. The molecule has 1 aliphatic carbocycles. The highest BCUT2D eigenvalue weighted by atomic mass is 16.1. The number of aryl methyl sites for hydroxylation is 2. The monoisotopic (exact) mass is 220 g/mol. The number of hydrogen-bond acceptors (Lipinski definition) is 3. The summed E-state index contributed by atoms with van der Waals surface area (Å²) in [5.41, 5.74) is 0.744. The molecule has 1 fully saturated rings. The molecule has 0 spiro atoms. The van der Waals surface area contributed by atoms with Crippen LogP contribution < -0.4 is 5.56 Å². The number of hydrogen-bond donors (Lipinski definition) is 0. The molecular formula is C12H16N2O2. The van der Waals surface area contributed by atoms with Crippen molar-refractivity contribution in [1.29, 1.82) is 0 Å². The zero-order chi connectivity index (χ0) is 11.5. The number of rotatable bonds is 3. The van der Waals surface area contributed by atoms with E-state index >= 15 is 0 Å². The summed E-state index contributed by atoms with van der Waals surface area (Å²) < 4.78 is 1.46. The van der Waals surface area contributed by atoms with Crippen molar-refractivity contribution >= 4 is 5.78 Å². The van der Waals surface area contributed by atoms with E-state index in [1.54, 1.807) is 6.07 Å². The van der Waals surface area contributed by atoms with Gasteiger partial charge in [-0.3, -0.25) is 9.59 Å². The number of Topliss-reactive ketones (excluding diaryl/α,β-unsaturated/α-hetero) is 1. The molecule has 4 nitrogen and oxygen atoms in total. The normalized spacial score (nSPS) is 20.3. The molecule has 86 valence electrons. The van der Waals surface area contributed by atoms with Gasteiger partial charge < -0.3 is 0 Å². The molecule has 1 atom stereocenters. The zero-order valence-corrected chi connectivity index (χ0v) is 9.48. The van der Waals surface area contributed by atoms with Crippen LogP contribution in [0.2, 0.25) is 0 Å². The molecule has 0 radical (unpaired) electrons. The maximum absolute atomic E-state index is 11.5. The van der Waals surface area contributed by atoms with Gasteiger partial charge in [0.2, 0.25) is 0 Å². The Hall–Kier alpha value is -1.45. The molecule has 16 heavy (non-hydrogen) atoms. The van der Waals surface area contributed by atoms with E-state index in [2.05, 4.69) is 5.10 Å². The van der Waals surface area contributed by atoms with Crippen LogP contribution in [0.5, 0.6) is 0 Å². The highest BCUT2D eigenvalue weighted by Crippen LogP contribution is 2.24. The number of ketones is 1. The van der Waals surface area contributed by atoms with Crippen LogP contribution in [-0.4, -0.2) is 15.6 Å². The second-order valence-electron chi connectivity index (χ2n) is 4.38. The fourth-order valence-electron chi connectivity index (χ4n) is 2.18. The van der Waals surface area contributed by atoms with Crippen molar-refractivity contribution in [3.05, 3.63) is 28.2 Å². The maximum Gasteiger partial charge on any atom is 0.266 e. The van der Waals surface area contributed by atoms with Crippen LogP contribution in [0, 0.1) is 12.8 Å². The number of carbonyl (C=O) groups is 1. The quantitative estimate of drug-likeness (QED) is 0.771. The SMILES string of the molecule is Cc1ccc(=O)n(CCC2CCCC2=O)n1. The lowest BCUT2D eigenvalue weighted by Crippen LogP contribution is -2.24. The molecule has 1 aromatic rings. The molecule has 4 heteroatoms. The topological polar surface area (TPSA) is 52.0 Å². The van der Waals surface area contributed by atoms with Gasteiger partial charge in [0, 0.05) is 24.9 Å². The average molecular weight is 220 g/mol. The first kappa shape index (κ1) is 11.0. The summed E-state index contributed by atoms with van der Waals surface area (Å²) in [7, 11) is 0. The molecule has 1 heterocycles. The van der Waals surface area contributed by atoms with Crippen LogP contribution in [0.15, 0.2) is 16.9 Å². The van der Waals surface area contributed by atoms with Crippen LogP contribution in [0.3, 0.4) is 0 Å². The lowest BCUT2D eigenvalue weighted by atomic mass is 10.0. The Kier molecular flexibility index (Phi) is 3.17. The zero-order valence-electron chi connectivity index (χ0n) is 9.48. The molecule has 0 saturated heterocycles. The van der Waals surface area contributed by atoms with Gasteiger partial charge in [-0.05, 0) is 32.3 Å². The minimum absolute atomic E-state index is 0.0870. The van der Waals surface area contributed by atoms with Crippen LogP contribution in [0.1, 0.15) is 31.4 Å². The molecule has 2 rings (SSSR count). The summed E-state index contributed by atoms with van der Waals surface area (Å²) in [6, 6.07) is 3.23. The van der Waals surface area contributed by atoms with Crippen molar-refractivity contribution in [2.24, 2.45) is 5.92 Å². The third-order valence-corrected chi connectivity index (χ3v) is 3.12. The average Bonchev–Trinajstić information content (AvgIpc) is 2.66. The molecule has 1 aromatic heterocycles. The molecule has 0 amide bonds. The standard InChI is InChI=1S/C12H16N2O2/c1-9-5-6-12(16)14(13-9)8-7-10-3-2-4-11(10)15/h5-6,10H,2-4,7-8H2,1H3. The van der Waals surface area contributed by atoms with Crippen molar-refractivity contribution in [3.63, 3.8) is 0 Å². The second kappa shape index (κ2) is 4.60. The van der Waals surface area contributed by atoms with E-state index in [4.69, 9.17) is 0 Å². The van der Waals surface area contributed by atoms with Crippen molar-refractivity contribution in [2.75, 3.05) is 0 Å². The molecule has 1 saturated carbocycles. The van der Waals surface area contributed by atoms with Crippen molar-refractivity contribution in [2.45, 2.75) is 39.2 Å². The summed E-state index contributed by atoms with van der Waals surface area (Å²) in [5, 5.41) is 4.15. The summed E-state index contributed by atoms with van der Waals surface area (Å²) in [5.74, 6) is 0.495. The Morgan fingerprint density at radius 2 is 2.25 bits per heavy atom. The van der Waals surface area contributed by atoms with E-state index in [9.17, 15) is 9.59 Å². The van der Waals surface area contributed by atoms with Gasteiger partial charge in [0.15, 0.2) is 0 Å². The van der Waals surface area contributed by atoms with Gasteiger partial charge in [-0.2, -0.15) is 5.10 Å². The van der Waals surface area contributed by atoms with Gasteiger partial charge in [-0.25, -0.2) is 4.68 Å². The first-order valence-electron chi connectivity index (χ1n) is 5.74. The fraction of sp³-hybridized carbons (Fsp3) is 0.583. The predicted octanol–water partition coefficient (Wildman–Crippen LogP) is 1.31. The Morgan fingerprint density at radius 1 is 1.44 bits per heavy atom. The van der Waals surface area contributed by atoms with Gasteiger partial charge in [0.1, 0.15) is 5.78 Å². The number of nitrogens with zero attached hydrogens (tertiary/aromatic N) is 2. The fourth-order valence-corrected chi connectivity index (χ4v) is 2.18. The second-order valence-corrected chi connectivity index (χ2v) is 4.38. The van der Waals surface area contributed by atoms with Gasteiger partial charge >= 0.3 is 0 Å². The Morgan fingerprint density at radius 3 is 2.94 bits per heavy atom. The van der Waals surface area contributed by atoms with Gasteiger partial charge in [0.25, 0.3) is 5.56 Å². The van der Waals surface area contributed by atoms with Crippen molar-refractivity contribution in [3.8, 4) is 0 Å². The van der Waals surface area contributed by atoms with Crippen LogP contribution in [0.25, 0.3) is 0 Å². The highest BCUT2D eigenvalue weighted by Gasteiger charge is 2.23. The smallest absolute Gasteiger partial charge is 0.266 e. The van der Waals surface area contributed by atoms with Crippen LogP contribution >= 0.6 is 0 Å². The maximum atomic E-state index is 11.5. The molecular weight excluding hydrogens is 204 g/mol. The lowest BCUT2D eigenvalue weighted by Gasteiger charge is -2.08. The number of carbonyl (C=O) groups excluding carboxylic acids is 1. The molecule has 0 aromatic carbocycles. The minimum atomic E-state index is -0.0870. The van der Waals surface area contributed by atoms with E-state index < -0.39 is 0 Å². The first-order valence-corrected chi connectivity index (χ1v) is 5.74. The van der Waals surface area contributed by atoms with Gasteiger partial charge in [-0.1, -0.05) is 0 Å². The van der Waals surface area contributed by atoms with Crippen LogP contribution in [0.4, 0.5) is 0 Å². The Labute approximate surface area is 94.3 Å². The number of aromatic nitrogens is 2. The van der Waals surface area contributed by atoms with Crippen LogP contribution in [-0.2, 0) is 11.3 Å². The highest BCUT2D eigenvalue weighted by molar-refractivity contribution is 5.82. The van der Waals surface area contributed by atoms with E-state index in [0.717, 1.165) is 25.0 Å². The van der Waals surface area contributed by atoms with Gasteiger partial charge in [-0.15, -0.1) is 0 Å². The van der Waals surface area contributed by atoms with Crippen molar-refractivity contribution < 1.29 is 4.79 Å². The molecule has 0 N–H and O–H groups in total. The molecule has 1 unspecified atom stereocenters. The predicted molar refractivity (Wildman–Crippen MR) is 60.2 cm³/mol. The molecule has 0 bridgehead atoms. The summed E-state index contributed by atoms with van der Waals surface area (Å²) in [6.45, 7) is 2.41. The van der Waals surface area contributed by atoms with Gasteiger partial charge in [0.05, 0.1) is 5.69 Å². The largest absolute Gasteiger partial charge is 0.299 e. The molecule has 0 aliphatic heterocycles. The van der Waals surface area contributed by atoms with E-state index in [0.29, 0.717) is 18.7 Å². The van der Waals surface area contributed by atoms with E-state index in [1.807, 2.05) is 6.92 Å². The third-order valence-electron chi connectivity index (χ3n) is 3.12.